The first-order valence-electron chi connectivity index (χ1n) is 8.81. The smallest absolute Gasteiger partial charge is 0.233 e. The summed E-state index contributed by atoms with van der Waals surface area (Å²) in [6, 6.07) is 13.8. The van der Waals surface area contributed by atoms with Gasteiger partial charge in [-0.15, -0.1) is 5.10 Å². The summed E-state index contributed by atoms with van der Waals surface area (Å²) in [6.07, 6.45) is 0. The van der Waals surface area contributed by atoms with Gasteiger partial charge in [-0.1, -0.05) is 23.9 Å². The van der Waals surface area contributed by atoms with E-state index in [0.29, 0.717) is 24.1 Å². The average Bonchev–Trinajstić information content (AvgIpc) is 3.19. The number of hydrogen-bond donors (Lipinski definition) is 1. The van der Waals surface area contributed by atoms with Crippen LogP contribution in [0.15, 0.2) is 53.7 Å². The van der Waals surface area contributed by atoms with E-state index in [-0.39, 0.29) is 17.5 Å². The molecule has 2 aromatic carbocycles. The van der Waals surface area contributed by atoms with E-state index in [1.165, 1.54) is 23.9 Å². The van der Waals surface area contributed by atoms with Gasteiger partial charge in [0.15, 0.2) is 5.82 Å². The normalized spacial score (nSPS) is 10.7. The Bertz CT molecular complexity index is 930. The lowest BCUT2D eigenvalue weighted by molar-refractivity contribution is -0.128. The van der Waals surface area contributed by atoms with Crippen molar-refractivity contribution in [1.82, 2.24) is 20.1 Å². The lowest BCUT2D eigenvalue weighted by Gasteiger charge is -2.20. The maximum atomic E-state index is 13.3. The fraction of sp³-hybridized carbons (Fsp3) is 0.250. The summed E-state index contributed by atoms with van der Waals surface area (Å²) in [4.78, 5) is 18.6. The highest BCUT2D eigenvalue weighted by atomic mass is 32.2. The van der Waals surface area contributed by atoms with Crippen LogP contribution >= 0.6 is 11.8 Å². The van der Waals surface area contributed by atoms with Crippen molar-refractivity contribution in [3.8, 4) is 17.1 Å². The Kier molecular flexibility index (Phi) is 6.65. The second-order valence-corrected chi connectivity index (χ2v) is 6.96. The topological polar surface area (TPSA) is 71.1 Å². The number of aromatic amines is 1. The average molecular weight is 400 g/mol. The van der Waals surface area contributed by atoms with Gasteiger partial charge in [-0.2, -0.15) is 0 Å². The molecular weight excluding hydrogens is 379 g/mol. The van der Waals surface area contributed by atoms with Gasteiger partial charge < -0.3 is 9.64 Å². The highest BCUT2D eigenvalue weighted by Gasteiger charge is 2.15. The molecule has 0 atom stereocenters. The molecule has 0 aliphatic heterocycles. The number of benzene rings is 2. The summed E-state index contributed by atoms with van der Waals surface area (Å²) in [5, 5.41) is 7.55. The van der Waals surface area contributed by atoms with Crippen molar-refractivity contribution in [2.75, 3.05) is 19.4 Å². The number of carbonyl (C=O) groups excluding carboxylic acids is 1. The molecule has 0 unspecified atom stereocenters. The standard InChI is InChI=1S/C20H21FN4O2S/c1-3-25(12-14-5-4-6-16(21)11-14)18(26)13-28-20-22-19(23-24-20)15-7-9-17(27-2)10-8-15/h4-11H,3,12-13H2,1-2H3,(H,22,23,24). The summed E-state index contributed by atoms with van der Waals surface area (Å²) in [6.45, 7) is 2.82. The Morgan fingerprint density at radius 3 is 2.71 bits per heavy atom. The van der Waals surface area contributed by atoms with E-state index in [4.69, 9.17) is 4.74 Å². The first-order chi connectivity index (χ1) is 13.6. The quantitative estimate of drug-likeness (QED) is 0.583. The number of hydrogen-bond acceptors (Lipinski definition) is 5. The van der Waals surface area contributed by atoms with E-state index in [0.717, 1.165) is 16.9 Å². The van der Waals surface area contributed by atoms with Crippen molar-refractivity contribution < 1.29 is 13.9 Å². The van der Waals surface area contributed by atoms with Crippen molar-refractivity contribution >= 4 is 17.7 Å². The fourth-order valence-corrected chi connectivity index (χ4v) is 3.34. The van der Waals surface area contributed by atoms with Gasteiger partial charge in [0.05, 0.1) is 12.9 Å². The molecule has 0 saturated heterocycles. The molecule has 0 saturated carbocycles. The van der Waals surface area contributed by atoms with Crippen molar-refractivity contribution in [2.24, 2.45) is 0 Å². The SMILES string of the molecule is CCN(Cc1cccc(F)c1)C(=O)CSc1n[nH]c(-c2ccc(OC)cc2)n1. The molecule has 1 N–H and O–H groups in total. The van der Waals surface area contributed by atoms with E-state index in [1.54, 1.807) is 18.1 Å². The largest absolute Gasteiger partial charge is 0.497 e. The number of carbonyl (C=O) groups is 1. The molecule has 146 valence electrons. The molecule has 0 aliphatic rings. The lowest BCUT2D eigenvalue weighted by atomic mass is 10.2. The molecule has 3 rings (SSSR count). The maximum Gasteiger partial charge on any atom is 0.233 e. The van der Waals surface area contributed by atoms with E-state index in [9.17, 15) is 9.18 Å². The Morgan fingerprint density at radius 2 is 2.04 bits per heavy atom. The minimum atomic E-state index is -0.304. The van der Waals surface area contributed by atoms with Crippen LogP contribution in [0.1, 0.15) is 12.5 Å². The number of nitrogens with zero attached hydrogens (tertiary/aromatic N) is 3. The lowest BCUT2D eigenvalue weighted by Crippen LogP contribution is -2.31. The molecule has 0 aliphatic carbocycles. The summed E-state index contributed by atoms with van der Waals surface area (Å²) >= 11 is 1.27. The van der Waals surface area contributed by atoms with Crippen LogP contribution in [0.2, 0.25) is 0 Å². The summed E-state index contributed by atoms with van der Waals surface area (Å²) in [5.41, 5.74) is 1.65. The minimum Gasteiger partial charge on any atom is -0.497 e. The second-order valence-electron chi connectivity index (χ2n) is 6.02. The molecule has 0 radical (unpaired) electrons. The van der Waals surface area contributed by atoms with Crippen LogP contribution in [-0.2, 0) is 11.3 Å². The van der Waals surface area contributed by atoms with Crippen molar-refractivity contribution in [3.63, 3.8) is 0 Å². The molecule has 1 aromatic heterocycles. The predicted molar refractivity (Wildman–Crippen MR) is 107 cm³/mol. The third-order valence-corrected chi connectivity index (χ3v) is 4.98. The van der Waals surface area contributed by atoms with E-state index >= 15 is 0 Å². The van der Waals surface area contributed by atoms with Gasteiger partial charge in [0.1, 0.15) is 11.6 Å². The third-order valence-electron chi connectivity index (χ3n) is 4.15. The van der Waals surface area contributed by atoms with Gasteiger partial charge in [-0.05, 0) is 48.9 Å². The van der Waals surface area contributed by atoms with Crippen LogP contribution in [0.3, 0.4) is 0 Å². The zero-order chi connectivity index (χ0) is 19.9. The second kappa shape index (κ2) is 9.36. The van der Waals surface area contributed by atoms with Crippen LogP contribution in [0.5, 0.6) is 5.75 Å². The molecule has 3 aromatic rings. The van der Waals surface area contributed by atoms with Crippen LogP contribution in [-0.4, -0.2) is 45.4 Å². The number of thioether (sulfide) groups is 1. The zero-order valence-electron chi connectivity index (χ0n) is 15.7. The highest BCUT2D eigenvalue weighted by molar-refractivity contribution is 7.99. The van der Waals surface area contributed by atoms with Gasteiger partial charge in [0.2, 0.25) is 11.1 Å². The molecule has 1 amide bonds. The Hall–Kier alpha value is -2.87. The van der Waals surface area contributed by atoms with Gasteiger partial charge in [-0.25, -0.2) is 9.37 Å². The molecule has 28 heavy (non-hydrogen) atoms. The number of rotatable bonds is 8. The number of H-pyrrole nitrogens is 1. The van der Waals surface area contributed by atoms with Crippen LogP contribution in [0.4, 0.5) is 4.39 Å². The van der Waals surface area contributed by atoms with E-state index in [1.807, 2.05) is 37.3 Å². The number of nitrogens with one attached hydrogen (secondary N) is 1. The number of ether oxygens (including phenoxy) is 1. The minimum absolute atomic E-state index is 0.0486. The van der Waals surface area contributed by atoms with E-state index in [2.05, 4.69) is 15.2 Å². The van der Waals surface area contributed by atoms with Gasteiger partial charge in [-0.3, -0.25) is 9.89 Å². The molecule has 0 spiro atoms. The number of halogens is 1. The van der Waals surface area contributed by atoms with Gasteiger partial charge >= 0.3 is 0 Å². The third kappa shape index (κ3) is 5.10. The van der Waals surface area contributed by atoms with Gasteiger partial charge in [0.25, 0.3) is 0 Å². The molecule has 0 bridgehead atoms. The number of aromatic nitrogens is 3. The molecule has 1 heterocycles. The van der Waals surface area contributed by atoms with Crippen LogP contribution in [0, 0.1) is 5.82 Å². The van der Waals surface area contributed by atoms with Crippen LogP contribution in [0.25, 0.3) is 11.4 Å². The Labute approximate surface area is 167 Å². The number of methoxy groups -OCH3 is 1. The zero-order valence-corrected chi connectivity index (χ0v) is 16.5. The van der Waals surface area contributed by atoms with Crippen LogP contribution < -0.4 is 4.74 Å². The van der Waals surface area contributed by atoms with Crippen molar-refractivity contribution in [1.29, 1.82) is 0 Å². The first-order valence-corrected chi connectivity index (χ1v) is 9.79. The predicted octanol–water partition coefficient (Wildman–Crippen LogP) is 3.76. The molecule has 0 fully saturated rings. The molecular formula is C20H21FN4O2S. The monoisotopic (exact) mass is 400 g/mol. The summed E-state index contributed by atoms with van der Waals surface area (Å²) in [7, 11) is 1.61. The molecule has 8 heteroatoms. The summed E-state index contributed by atoms with van der Waals surface area (Å²) < 4.78 is 18.5. The fourth-order valence-electron chi connectivity index (χ4n) is 2.64. The van der Waals surface area contributed by atoms with Crippen molar-refractivity contribution in [3.05, 3.63) is 59.9 Å². The Balaban J connectivity index is 1.58. The van der Waals surface area contributed by atoms with E-state index < -0.39 is 0 Å². The van der Waals surface area contributed by atoms with Crippen molar-refractivity contribution in [2.45, 2.75) is 18.6 Å². The van der Waals surface area contributed by atoms with Gasteiger partial charge in [0, 0.05) is 18.7 Å². The maximum absolute atomic E-state index is 13.3. The Morgan fingerprint density at radius 1 is 1.25 bits per heavy atom. The first kappa shape index (κ1) is 19.9. The number of amides is 1. The highest BCUT2D eigenvalue weighted by Crippen LogP contribution is 2.22. The summed E-state index contributed by atoms with van der Waals surface area (Å²) in [5.74, 6) is 1.25. The molecule has 6 nitrogen and oxygen atoms in total.